The van der Waals surface area contributed by atoms with E-state index < -0.39 is 0 Å². The first kappa shape index (κ1) is 24.3. The summed E-state index contributed by atoms with van der Waals surface area (Å²) >= 11 is 5.93. The van der Waals surface area contributed by atoms with E-state index in [4.69, 9.17) is 16.1 Å². The van der Waals surface area contributed by atoms with Gasteiger partial charge in [0.05, 0.1) is 11.9 Å². The molecule has 3 heterocycles. The van der Waals surface area contributed by atoms with Gasteiger partial charge in [-0.15, -0.1) is 24.0 Å². The molecule has 0 radical (unpaired) electrons. The minimum Gasteiger partial charge on any atom is -0.367 e. The summed E-state index contributed by atoms with van der Waals surface area (Å²) < 4.78 is 7.21. The van der Waals surface area contributed by atoms with Gasteiger partial charge in [-0.3, -0.25) is 9.67 Å². The Balaban J connectivity index is 0.00000289. The Labute approximate surface area is 209 Å². The number of piperidine rings is 1. The number of halogens is 2. The highest BCUT2D eigenvalue weighted by atomic mass is 127. The van der Waals surface area contributed by atoms with Crippen molar-refractivity contribution in [1.29, 1.82) is 0 Å². The Kier molecular flexibility index (Phi) is 8.74. The van der Waals surface area contributed by atoms with Crippen molar-refractivity contribution in [2.45, 2.75) is 25.3 Å². The molecule has 1 atom stereocenters. The molecule has 1 aromatic carbocycles. The maximum atomic E-state index is 5.93. The lowest BCUT2D eigenvalue weighted by Gasteiger charge is -2.34. The SMILES string of the molecule is CN=C(NCCc1nc(-c2ccc(Cl)cc2)no1)NC1CCCN(c2cnn(C)c2)C1.I. The quantitative estimate of drug-likeness (QED) is 0.267. The maximum absolute atomic E-state index is 5.93. The van der Waals surface area contributed by atoms with E-state index in [0.29, 0.717) is 35.7 Å². The van der Waals surface area contributed by atoms with E-state index in [2.05, 4.69) is 42.0 Å². The zero-order valence-corrected chi connectivity index (χ0v) is 21.2. The molecule has 4 rings (SSSR count). The monoisotopic (exact) mass is 570 g/mol. The van der Waals surface area contributed by atoms with Gasteiger partial charge in [-0.1, -0.05) is 16.8 Å². The van der Waals surface area contributed by atoms with Crippen molar-refractivity contribution in [3.05, 3.63) is 47.6 Å². The third-order valence-corrected chi connectivity index (χ3v) is 5.50. The maximum Gasteiger partial charge on any atom is 0.228 e. The van der Waals surface area contributed by atoms with E-state index in [1.165, 1.54) is 0 Å². The Bertz CT molecular complexity index is 1020. The lowest BCUT2D eigenvalue weighted by atomic mass is 10.1. The number of nitrogens with zero attached hydrogens (tertiary/aromatic N) is 6. The lowest BCUT2D eigenvalue weighted by molar-refractivity contribution is 0.378. The number of nitrogens with one attached hydrogen (secondary N) is 2. The van der Waals surface area contributed by atoms with Crippen molar-refractivity contribution in [2.75, 3.05) is 31.6 Å². The van der Waals surface area contributed by atoms with E-state index >= 15 is 0 Å². The van der Waals surface area contributed by atoms with E-state index in [9.17, 15) is 0 Å². The lowest BCUT2D eigenvalue weighted by Crippen LogP contribution is -2.51. The largest absolute Gasteiger partial charge is 0.367 e. The highest BCUT2D eigenvalue weighted by Gasteiger charge is 2.21. The molecule has 11 heteroatoms. The topological polar surface area (TPSA) is 96.4 Å². The van der Waals surface area contributed by atoms with E-state index in [0.717, 1.165) is 43.1 Å². The van der Waals surface area contributed by atoms with Crippen LogP contribution in [0.4, 0.5) is 5.69 Å². The number of anilines is 1. The Morgan fingerprint density at radius 3 is 2.84 bits per heavy atom. The third kappa shape index (κ3) is 6.35. The first-order valence-corrected chi connectivity index (χ1v) is 10.8. The summed E-state index contributed by atoms with van der Waals surface area (Å²) in [5.41, 5.74) is 2.03. The van der Waals surface area contributed by atoms with Gasteiger partial charge >= 0.3 is 0 Å². The Morgan fingerprint density at radius 1 is 1.31 bits per heavy atom. The van der Waals surface area contributed by atoms with Crippen molar-refractivity contribution in [1.82, 2.24) is 30.6 Å². The number of hydrogen-bond donors (Lipinski definition) is 2. The number of aryl methyl sites for hydroxylation is 1. The zero-order valence-electron chi connectivity index (χ0n) is 18.2. The van der Waals surface area contributed by atoms with E-state index in [1.54, 1.807) is 7.05 Å². The molecular weight excluding hydrogens is 543 g/mol. The molecule has 2 aromatic heterocycles. The highest BCUT2D eigenvalue weighted by Crippen LogP contribution is 2.20. The van der Waals surface area contributed by atoms with Crippen molar-refractivity contribution >= 4 is 47.2 Å². The summed E-state index contributed by atoms with van der Waals surface area (Å²) in [6, 6.07) is 7.69. The fraction of sp³-hybridized carbons (Fsp3) is 0.429. The predicted octanol–water partition coefficient (Wildman–Crippen LogP) is 3.12. The fourth-order valence-corrected chi connectivity index (χ4v) is 3.78. The predicted molar refractivity (Wildman–Crippen MR) is 137 cm³/mol. The van der Waals surface area contributed by atoms with Gasteiger partial charge in [0.1, 0.15) is 0 Å². The number of aliphatic imine (C=N–C) groups is 1. The fourth-order valence-electron chi connectivity index (χ4n) is 3.65. The summed E-state index contributed by atoms with van der Waals surface area (Å²) in [5, 5.41) is 15.9. The summed E-state index contributed by atoms with van der Waals surface area (Å²) in [5.74, 6) is 1.91. The van der Waals surface area contributed by atoms with Crippen LogP contribution in [0.25, 0.3) is 11.4 Å². The van der Waals surface area contributed by atoms with Crippen LogP contribution in [-0.4, -0.2) is 58.6 Å². The molecule has 2 N–H and O–H groups in total. The second-order valence-corrected chi connectivity index (χ2v) is 8.01. The van der Waals surface area contributed by atoms with Crippen molar-refractivity contribution in [3.63, 3.8) is 0 Å². The number of guanidine groups is 1. The van der Waals surface area contributed by atoms with Crippen LogP contribution in [0, 0.1) is 0 Å². The summed E-state index contributed by atoms with van der Waals surface area (Å²) in [7, 11) is 3.72. The summed E-state index contributed by atoms with van der Waals surface area (Å²) in [6.07, 6.45) is 6.80. The molecule has 0 aliphatic carbocycles. The van der Waals surface area contributed by atoms with Gasteiger partial charge in [-0.05, 0) is 37.1 Å². The van der Waals surface area contributed by atoms with E-state index in [1.807, 2.05) is 42.2 Å². The molecule has 1 saturated heterocycles. The van der Waals surface area contributed by atoms with Crippen LogP contribution in [0.5, 0.6) is 0 Å². The number of rotatable bonds is 6. The van der Waals surface area contributed by atoms with Gasteiger partial charge in [0.25, 0.3) is 0 Å². The average molecular weight is 571 g/mol. The zero-order chi connectivity index (χ0) is 21.6. The molecule has 0 saturated carbocycles. The van der Waals surface area contributed by atoms with Crippen LogP contribution in [0.2, 0.25) is 5.02 Å². The van der Waals surface area contributed by atoms with Crippen LogP contribution < -0.4 is 15.5 Å². The molecule has 1 fully saturated rings. The first-order chi connectivity index (χ1) is 15.1. The molecule has 1 aliphatic heterocycles. The number of hydrogen-bond acceptors (Lipinski definition) is 6. The summed E-state index contributed by atoms with van der Waals surface area (Å²) in [4.78, 5) is 11.2. The van der Waals surface area contributed by atoms with Crippen LogP contribution in [0.15, 0.2) is 46.2 Å². The number of benzene rings is 1. The highest BCUT2D eigenvalue weighted by molar-refractivity contribution is 14.0. The molecule has 172 valence electrons. The standard InChI is InChI=1S/C21H27ClN8O.HI/c1-23-21(26-17-4-3-11-30(13-17)18-12-25-29(2)14-18)24-10-9-19-27-20(28-31-19)15-5-7-16(22)8-6-15;/h5-8,12,14,17H,3-4,9-11,13H2,1-2H3,(H2,23,24,26);1H. The molecule has 1 unspecified atom stereocenters. The molecule has 0 amide bonds. The van der Waals surface area contributed by atoms with Gasteiger partial charge in [-0.2, -0.15) is 10.1 Å². The second-order valence-electron chi connectivity index (χ2n) is 7.57. The minimum absolute atomic E-state index is 0. The number of aromatic nitrogens is 4. The molecule has 1 aliphatic rings. The van der Waals surface area contributed by atoms with Gasteiger partial charge in [-0.25, -0.2) is 0 Å². The van der Waals surface area contributed by atoms with Gasteiger partial charge < -0.3 is 20.1 Å². The molecule has 3 aromatic rings. The van der Waals surface area contributed by atoms with Gasteiger partial charge in [0.15, 0.2) is 5.96 Å². The van der Waals surface area contributed by atoms with Crippen LogP contribution in [0.1, 0.15) is 18.7 Å². The Hall–Kier alpha value is -2.34. The smallest absolute Gasteiger partial charge is 0.228 e. The van der Waals surface area contributed by atoms with Crippen molar-refractivity contribution in [3.8, 4) is 11.4 Å². The van der Waals surface area contributed by atoms with Crippen molar-refractivity contribution in [2.24, 2.45) is 12.0 Å². The van der Waals surface area contributed by atoms with Gasteiger partial charge in [0, 0.05) is 63.0 Å². The first-order valence-electron chi connectivity index (χ1n) is 10.4. The average Bonchev–Trinajstić information content (AvgIpc) is 3.43. The van der Waals surface area contributed by atoms with Crippen molar-refractivity contribution < 1.29 is 4.52 Å². The molecule has 9 nitrogen and oxygen atoms in total. The van der Waals surface area contributed by atoms with Crippen LogP contribution in [-0.2, 0) is 13.5 Å². The third-order valence-electron chi connectivity index (χ3n) is 5.24. The molecule has 32 heavy (non-hydrogen) atoms. The normalized spacial score (nSPS) is 16.5. The summed E-state index contributed by atoms with van der Waals surface area (Å²) in [6.45, 7) is 2.60. The molecule has 0 bridgehead atoms. The van der Waals surface area contributed by atoms with Gasteiger partial charge in [0.2, 0.25) is 11.7 Å². The Morgan fingerprint density at radius 2 is 2.12 bits per heavy atom. The minimum atomic E-state index is 0. The molecular formula is C21H28ClIN8O. The van der Waals surface area contributed by atoms with Crippen LogP contribution >= 0.6 is 35.6 Å². The van der Waals surface area contributed by atoms with E-state index in [-0.39, 0.29) is 24.0 Å². The second kappa shape index (κ2) is 11.5. The van der Waals surface area contributed by atoms with Crippen LogP contribution in [0.3, 0.4) is 0 Å². The molecule has 0 spiro atoms.